The Morgan fingerprint density at radius 3 is 2.26 bits per heavy atom. The third-order valence-corrected chi connectivity index (χ3v) is 3.98. The van der Waals surface area contributed by atoms with Crippen LogP contribution in [0.5, 0.6) is 0 Å². The van der Waals surface area contributed by atoms with E-state index in [2.05, 4.69) is 15.9 Å². The van der Waals surface area contributed by atoms with Gasteiger partial charge in [-0.05, 0) is 45.4 Å². The van der Waals surface area contributed by atoms with Gasteiger partial charge in [-0.2, -0.15) is 0 Å². The number of halogens is 1. The molecule has 7 heteroatoms. The molecule has 0 spiro atoms. The normalized spacial score (nSPS) is 12.3. The lowest BCUT2D eigenvalue weighted by Crippen LogP contribution is -2.25. The molecule has 0 amide bonds. The summed E-state index contributed by atoms with van der Waals surface area (Å²) in [7, 11) is -3.88. The number of carbonyl (C=O) groups is 1. The molecule has 0 aliphatic carbocycles. The van der Waals surface area contributed by atoms with Crippen LogP contribution in [0.1, 0.15) is 36.7 Å². The van der Waals surface area contributed by atoms with Crippen LogP contribution in [-0.4, -0.2) is 20.0 Å². The van der Waals surface area contributed by atoms with E-state index in [1.165, 1.54) is 12.1 Å². The quantitative estimate of drug-likeness (QED) is 0.830. The number of ether oxygens (including phenoxy) is 1. The number of sulfonamides is 1. The topological polar surface area (TPSA) is 86.5 Å². The third kappa shape index (κ3) is 4.29. The van der Waals surface area contributed by atoms with Crippen molar-refractivity contribution >= 4 is 31.9 Å². The van der Waals surface area contributed by atoms with Crippen LogP contribution < -0.4 is 5.14 Å². The molecule has 5 nitrogen and oxygen atoms in total. The fraction of sp³-hybridized carbons (Fsp3) is 0.417. The molecule has 19 heavy (non-hydrogen) atoms. The predicted molar refractivity (Wildman–Crippen MR) is 75.4 cm³/mol. The van der Waals surface area contributed by atoms with Crippen molar-refractivity contribution in [3.05, 3.63) is 27.7 Å². The standard InChI is InChI=1S/C12H16BrNO4S/c1-7-9(11(15)18-12(2,3)4)5-8(6-10(7)13)19(14,16)17/h5-6H,1-4H3,(H2,14,16,17). The number of carbonyl (C=O) groups excluding carboxylic acids is 1. The minimum atomic E-state index is -3.88. The van der Waals surface area contributed by atoms with Gasteiger partial charge in [0.1, 0.15) is 5.60 Å². The molecule has 1 aromatic rings. The minimum Gasteiger partial charge on any atom is -0.456 e. The van der Waals surface area contributed by atoms with E-state index in [-0.39, 0.29) is 10.5 Å². The number of primary sulfonamides is 1. The first kappa shape index (κ1) is 16.1. The van der Waals surface area contributed by atoms with Gasteiger partial charge < -0.3 is 4.74 Å². The maximum absolute atomic E-state index is 12.0. The van der Waals surface area contributed by atoms with Gasteiger partial charge in [-0.1, -0.05) is 15.9 Å². The van der Waals surface area contributed by atoms with Crippen LogP contribution in [0, 0.1) is 6.92 Å². The van der Waals surface area contributed by atoms with Crippen molar-refractivity contribution in [3.8, 4) is 0 Å². The maximum atomic E-state index is 12.0. The van der Waals surface area contributed by atoms with Gasteiger partial charge in [0.2, 0.25) is 10.0 Å². The highest BCUT2D eigenvalue weighted by molar-refractivity contribution is 9.10. The monoisotopic (exact) mass is 349 g/mol. The molecule has 0 aromatic heterocycles. The average Bonchev–Trinajstić information content (AvgIpc) is 2.17. The van der Waals surface area contributed by atoms with Crippen molar-refractivity contribution in [1.29, 1.82) is 0 Å². The number of hydrogen-bond acceptors (Lipinski definition) is 4. The summed E-state index contributed by atoms with van der Waals surface area (Å²) in [6, 6.07) is 2.59. The summed E-state index contributed by atoms with van der Waals surface area (Å²) >= 11 is 3.21. The number of hydrogen-bond donors (Lipinski definition) is 1. The average molecular weight is 350 g/mol. The molecule has 0 unspecified atom stereocenters. The Hall–Kier alpha value is -0.920. The Balaban J connectivity index is 3.36. The first-order chi connectivity index (χ1) is 8.42. The number of nitrogens with two attached hydrogens (primary N) is 1. The highest BCUT2D eigenvalue weighted by atomic mass is 79.9. The smallest absolute Gasteiger partial charge is 0.338 e. The lowest BCUT2D eigenvalue weighted by Gasteiger charge is -2.20. The van der Waals surface area contributed by atoms with Crippen molar-refractivity contribution in [1.82, 2.24) is 0 Å². The molecule has 1 aromatic carbocycles. The molecular formula is C12H16BrNO4S. The zero-order valence-corrected chi connectivity index (χ0v) is 13.6. The van der Waals surface area contributed by atoms with Gasteiger partial charge >= 0.3 is 5.97 Å². The Kier molecular flexibility index (Phi) is 4.44. The zero-order chi connectivity index (χ0) is 15.0. The molecular weight excluding hydrogens is 334 g/mol. The minimum absolute atomic E-state index is 0.133. The highest BCUT2D eigenvalue weighted by Crippen LogP contribution is 2.26. The molecule has 2 N–H and O–H groups in total. The van der Waals surface area contributed by atoms with Crippen LogP contribution in [0.15, 0.2) is 21.5 Å². The molecule has 0 fully saturated rings. The van der Waals surface area contributed by atoms with E-state index in [0.717, 1.165) is 0 Å². The Bertz CT molecular complexity index is 617. The second kappa shape index (κ2) is 5.22. The number of esters is 1. The van der Waals surface area contributed by atoms with E-state index in [4.69, 9.17) is 9.88 Å². The third-order valence-electron chi connectivity index (χ3n) is 2.27. The molecule has 0 heterocycles. The predicted octanol–water partition coefficient (Wildman–Crippen LogP) is 2.36. The van der Waals surface area contributed by atoms with E-state index in [0.29, 0.717) is 10.0 Å². The fourth-order valence-corrected chi connectivity index (χ4v) is 2.54. The molecule has 1 rings (SSSR count). The van der Waals surface area contributed by atoms with E-state index >= 15 is 0 Å². The number of benzene rings is 1. The summed E-state index contributed by atoms with van der Waals surface area (Å²) in [5.74, 6) is -0.587. The Morgan fingerprint density at radius 2 is 1.84 bits per heavy atom. The van der Waals surface area contributed by atoms with Crippen molar-refractivity contribution in [3.63, 3.8) is 0 Å². The summed E-state index contributed by atoms with van der Waals surface area (Å²) in [6.45, 7) is 6.90. The van der Waals surface area contributed by atoms with Gasteiger partial charge in [0.25, 0.3) is 0 Å². The van der Waals surface area contributed by atoms with Crippen molar-refractivity contribution in [2.75, 3.05) is 0 Å². The van der Waals surface area contributed by atoms with E-state index in [1.807, 2.05) is 0 Å². The second-order valence-electron chi connectivity index (χ2n) is 5.12. The summed E-state index contributed by atoms with van der Waals surface area (Å²) in [6.07, 6.45) is 0. The molecule has 0 saturated heterocycles. The largest absolute Gasteiger partial charge is 0.456 e. The molecule has 106 valence electrons. The Morgan fingerprint density at radius 1 is 1.32 bits per heavy atom. The van der Waals surface area contributed by atoms with Crippen LogP contribution in [0.4, 0.5) is 0 Å². The van der Waals surface area contributed by atoms with Crippen LogP contribution in [0.25, 0.3) is 0 Å². The van der Waals surface area contributed by atoms with Crippen LogP contribution >= 0.6 is 15.9 Å². The van der Waals surface area contributed by atoms with Crippen LogP contribution in [0.2, 0.25) is 0 Å². The van der Waals surface area contributed by atoms with Crippen molar-refractivity contribution in [2.45, 2.75) is 38.2 Å². The fourth-order valence-electron chi connectivity index (χ4n) is 1.36. The first-order valence-corrected chi connectivity index (χ1v) is 7.82. The molecule has 0 atom stereocenters. The van der Waals surface area contributed by atoms with E-state index in [9.17, 15) is 13.2 Å². The van der Waals surface area contributed by atoms with E-state index in [1.54, 1.807) is 27.7 Å². The molecule has 0 aliphatic rings. The lowest BCUT2D eigenvalue weighted by molar-refractivity contribution is 0.00684. The summed E-state index contributed by atoms with van der Waals surface area (Å²) in [5.41, 5.74) is 0.114. The SMILES string of the molecule is Cc1c(Br)cc(S(N)(=O)=O)cc1C(=O)OC(C)(C)C. The van der Waals surface area contributed by atoms with Gasteiger partial charge in [-0.25, -0.2) is 18.4 Å². The van der Waals surface area contributed by atoms with Crippen LogP contribution in [-0.2, 0) is 14.8 Å². The van der Waals surface area contributed by atoms with Gasteiger partial charge in [-0.15, -0.1) is 0 Å². The zero-order valence-electron chi connectivity index (χ0n) is 11.2. The Labute approximate surface area is 121 Å². The first-order valence-electron chi connectivity index (χ1n) is 5.48. The van der Waals surface area contributed by atoms with E-state index < -0.39 is 21.6 Å². The highest BCUT2D eigenvalue weighted by Gasteiger charge is 2.22. The van der Waals surface area contributed by atoms with Crippen LogP contribution in [0.3, 0.4) is 0 Å². The summed E-state index contributed by atoms with van der Waals surface area (Å²) < 4.78 is 28.4. The van der Waals surface area contributed by atoms with Gasteiger partial charge in [0.15, 0.2) is 0 Å². The van der Waals surface area contributed by atoms with Gasteiger partial charge in [-0.3, -0.25) is 0 Å². The van der Waals surface area contributed by atoms with Gasteiger partial charge in [0.05, 0.1) is 10.5 Å². The second-order valence-corrected chi connectivity index (χ2v) is 7.54. The maximum Gasteiger partial charge on any atom is 0.338 e. The molecule has 0 saturated carbocycles. The molecule has 0 radical (unpaired) electrons. The summed E-state index contributed by atoms with van der Waals surface area (Å²) in [4.78, 5) is 11.9. The lowest BCUT2D eigenvalue weighted by atomic mass is 10.1. The van der Waals surface area contributed by atoms with Crippen molar-refractivity contribution < 1.29 is 17.9 Å². The molecule has 0 bridgehead atoms. The van der Waals surface area contributed by atoms with Crippen molar-refractivity contribution in [2.24, 2.45) is 5.14 Å². The molecule has 0 aliphatic heterocycles. The van der Waals surface area contributed by atoms with Gasteiger partial charge in [0, 0.05) is 4.47 Å². The summed E-state index contributed by atoms with van der Waals surface area (Å²) in [5, 5.41) is 5.07. The number of rotatable bonds is 2.